The zero-order chi connectivity index (χ0) is 12.3. The molecule has 4 heteroatoms. The topological polar surface area (TPSA) is 38.9 Å². The van der Waals surface area contributed by atoms with E-state index in [-0.39, 0.29) is 6.04 Å². The lowest BCUT2D eigenvalue weighted by atomic mass is 10.0. The molecule has 0 aliphatic carbocycles. The van der Waals surface area contributed by atoms with Crippen LogP contribution in [-0.2, 0) is 6.42 Å². The van der Waals surface area contributed by atoms with Crippen molar-refractivity contribution in [1.82, 2.24) is 4.98 Å². The lowest BCUT2D eigenvalue weighted by molar-refractivity contribution is 0.720. The highest BCUT2D eigenvalue weighted by atomic mass is 35.5. The standard InChI is InChI=1S/C13H12Cl2N2/c14-11-4-3-10(7-12(11)15)13(16)6-9-2-1-5-17-8-9/h1-5,7-8,13H,6,16H2. The molecule has 1 atom stereocenters. The zero-order valence-electron chi connectivity index (χ0n) is 9.11. The Kier molecular flexibility index (Phi) is 4.00. The van der Waals surface area contributed by atoms with Crippen LogP contribution in [0.5, 0.6) is 0 Å². The van der Waals surface area contributed by atoms with Crippen molar-refractivity contribution < 1.29 is 0 Å². The predicted molar refractivity (Wildman–Crippen MR) is 71.3 cm³/mol. The second kappa shape index (κ2) is 5.50. The Morgan fingerprint density at radius 3 is 2.65 bits per heavy atom. The molecule has 2 N–H and O–H groups in total. The Hall–Kier alpha value is -1.09. The summed E-state index contributed by atoms with van der Waals surface area (Å²) in [6.07, 6.45) is 4.29. The lowest BCUT2D eigenvalue weighted by Gasteiger charge is -2.12. The van der Waals surface area contributed by atoms with E-state index in [9.17, 15) is 0 Å². The Morgan fingerprint density at radius 2 is 2.00 bits per heavy atom. The van der Waals surface area contributed by atoms with E-state index in [2.05, 4.69) is 4.98 Å². The maximum atomic E-state index is 6.12. The van der Waals surface area contributed by atoms with Crippen LogP contribution in [0.25, 0.3) is 0 Å². The molecule has 1 aromatic carbocycles. The zero-order valence-corrected chi connectivity index (χ0v) is 10.6. The number of hydrogen-bond donors (Lipinski definition) is 1. The van der Waals surface area contributed by atoms with Gasteiger partial charge in [0.1, 0.15) is 0 Å². The van der Waals surface area contributed by atoms with E-state index in [1.807, 2.05) is 30.5 Å². The Bertz CT molecular complexity index is 500. The van der Waals surface area contributed by atoms with Gasteiger partial charge in [-0.15, -0.1) is 0 Å². The van der Waals surface area contributed by atoms with E-state index >= 15 is 0 Å². The fourth-order valence-electron chi connectivity index (χ4n) is 1.63. The molecule has 17 heavy (non-hydrogen) atoms. The van der Waals surface area contributed by atoms with E-state index in [0.717, 1.165) is 17.5 Å². The first-order valence-electron chi connectivity index (χ1n) is 5.26. The molecule has 0 aliphatic rings. The normalized spacial score (nSPS) is 12.4. The van der Waals surface area contributed by atoms with Crippen molar-refractivity contribution in [1.29, 1.82) is 0 Å². The van der Waals surface area contributed by atoms with E-state index in [0.29, 0.717) is 10.0 Å². The lowest BCUT2D eigenvalue weighted by Crippen LogP contribution is -2.13. The van der Waals surface area contributed by atoms with Crippen molar-refractivity contribution in [2.45, 2.75) is 12.5 Å². The third-order valence-corrected chi connectivity index (χ3v) is 3.29. The highest BCUT2D eigenvalue weighted by molar-refractivity contribution is 6.42. The molecule has 0 spiro atoms. The molecule has 2 rings (SSSR count). The van der Waals surface area contributed by atoms with Crippen molar-refractivity contribution in [3.63, 3.8) is 0 Å². The number of hydrogen-bond acceptors (Lipinski definition) is 2. The molecular weight excluding hydrogens is 255 g/mol. The minimum atomic E-state index is -0.103. The summed E-state index contributed by atoms with van der Waals surface area (Å²) < 4.78 is 0. The quantitative estimate of drug-likeness (QED) is 0.922. The van der Waals surface area contributed by atoms with Crippen molar-refractivity contribution >= 4 is 23.2 Å². The first-order valence-corrected chi connectivity index (χ1v) is 6.02. The maximum absolute atomic E-state index is 6.12. The molecule has 0 radical (unpaired) electrons. The van der Waals surface area contributed by atoms with Gasteiger partial charge in [0.05, 0.1) is 10.0 Å². The van der Waals surface area contributed by atoms with Gasteiger partial charge in [-0.05, 0) is 35.7 Å². The van der Waals surface area contributed by atoms with Gasteiger partial charge >= 0.3 is 0 Å². The first kappa shape index (κ1) is 12.4. The molecule has 1 aromatic heterocycles. The maximum Gasteiger partial charge on any atom is 0.0595 e. The summed E-state index contributed by atoms with van der Waals surface area (Å²) in [7, 11) is 0. The summed E-state index contributed by atoms with van der Waals surface area (Å²) in [4.78, 5) is 4.06. The molecule has 0 bridgehead atoms. The van der Waals surface area contributed by atoms with Crippen LogP contribution in [0.2, 0.25) is 10.0 Å². The van der Waals surface area contributed by atoms with Crippen LogP contribution in [0, 0.1) is 0 Å². The second-order valence-electron chi connectivity index (χ2n) is 3.85. The number of halogens is 2. The van der Waals surface area contributed by atoms with E-state index in [4.69, 9.17) is 28.9 Å². The number of benzene rings is 1. The van der Waals surface area contributed by atoms with Crippen molar-refractivity contribution in [2.75, 3.05) is 0 Å². The summed E-state index contributed by atoms with van der Waals surface area (Å²) in [5.74, 6) is 0. The average molecular weight is 267 g/mol. The molecule has 2 aromatic rings. The van der Waals surface area contributed by atoms with Crippen LogP contribution in [0.3, 0.4) is 0 Å². The summed E-state index contributed by atoms with van der Waals surface area (Å²) in [6, 6.07) is 9.28. The molecular formula is C13H12Cl2N2. The van der Waals surface area contributed by atoms with Gasteiger partial charge < -0.3 is 5.73 Å². The van der Waals surface area contributed by atoms with Crippen LogP contribution in [-0.4, -0.2) is 4.98 Å². The van der Waals surface area contributed by atoms with Gasteiger partial charge in [-0.3, -0.25) is 4.98 Å². The summed E-state index contributed by atoms with van der Waals surface area (Å²) in [5.41, 5.74) is 8.19. The SMILES string of the molecule is NC(Cc1cccnc1)c1ccc(Cl)c(Cl)c1. The van der Waals surface area contributed by atoms with Crippen molar-refractivity contribution in [2.24, 2.45) is 5.73 Å². The second-order valence-corrected chi connectivity index (χ2v) is 4.66. The Labute approximate surface area is 110 Å². The molecule has 0 aliphatic heterocycles. The van der Waals surface area contributed by atoms with Crippen LogP contribution >= 0.6 is 23.2 Å². The molecule has 0 fully saturated rings. The van der Waals surface area contributed by atoms with Gasteiger partial charge in [-0.2, -0.15) is 0 Å². The molecule has 1 unspecified atom stereocenters. The van der Waals surface area contributed by atoms with Gasteiger partial charge in [-0.1, -0.05) is 35.3 Å². The number of nitrogens with two attached hydrogens (primary N) is 1. The number of pyridine rings is 1. The minimum Gasteiger partial charge on any atom is -0.324 e. The van der Waals surface area contributed by atoms with Crippen LogP contribution in [0.4, 0.5) is 0 Å². The van der Waals surface area contributed by atoms with Gasteiger partial charge in [0, 0.05) is 18.4 Å². The van der Waals surface area contributed by atoms with Crippen LogP contribution in [0.1, 0.15) is 17.2 Å². The van der Waals surface area contributed by atoms with Crippen molar-refractivity contribution in [3.05, 3.63) is 63.9 Å². The van der Waals surface area contributed by atoms with Gasteiger partial charge in [0.15, 0.2) is 0 Å². The molecule has 1 heterocycles. The van der Waals surface area contributed by atoms with Gasteiger partial charge in [-0.25, -0.2) is 0 Å². The van der Waals surface area contributed by atoms with Crippen LogP contribution in [0.15, 0.2) is 42.7 Å². The molecule has 0 amide bonds. The average Bonchev–Trinajstić information content (AvgIpc) is 2.34. The first-order chi connectivity index (χ1) is 8.16. The van der Waals surface area contributed by atoms with Crippen molar-refractivity contribution in [3.8, 4) is 0 Å². The molecule has 0 saturated carbocycles. The third kappa shape index (κ3) is 3.19. The monoisotopic (exact) mass is 266 g/mol. The van der Waals surface area contributed by atoms with Gasteiger partial charge in [0.2, 0.25) is 0 Å². The molecule has 2 nitrogen and oxygen atoms in total. The van der Waals surface area contributed by atoms with E-state index in [1.54, 1.807) is 12.3 Å². The fourth-order valence-corrected chi connectivity index (χ4v) is 1.94. The Balaban J connectivity index is 2.14. The number of aromatic nitrogens is 1. The minimum absolute atomic E-state index is 0.103. The highest BCUT2D eigenvalue weighted by Crippen LogP contribution is 2.26. The predicted octanol–water partition coefficient (Wildman–Crippen LogP) is 3.63. The fraction of sp³-hybridized carbons (Fsp3) is 0.154. The number of nitrogens with zero attached hydrogens (tertiary/aromatic N) is 1. The number of rotatable bonds is 3. The molecule has 0 saturated heterocycles. The van der Waals surface area contributed by atoms with Crippen LogP contribution < -0.4 is 5.73 Å². The van der Waals surface area contributed by atoms with E-state index < -0.39 is 0 Å². The molecule has 88 valence electrons. The summed E-state index contributed by atoms with van der Waals surface area (Å²) >= 11 is 11.8. The third-order valence-electron chi connectivity index (χ3n) is 2.55. The van der Waals surface area contributed by atoms with Gasteiger partial charge in [0.25, 0.3) is 0 Å². The van der Waals surface area contributed by atoms with E-state index in [1.165, 1.54) is 0 Å². The smallest absolute Gasteiger partial charge is 0.0595 e. The summed E-state index contributed by atoms with van der Waals surface area (Å²) in [5, 5.41) is 1.08. The highest BCUT2D eigenvalue weighted by Gasteiger charge is 2.09. The Morgan fingerprint density at radius 1 is 1.18 bits per heavy atom. The largest absolute Gasteiger partial charge is 0.324 e. The summed E-state index contributed by atoms with van der Waals surface area (Å²) in [6.45, 7) is 0.